The molecule has 0 saturated carbocycles. The zero-order valence-electron chi connectivity index (χ0n) is 8.11. The molecular formula is C13H13N. The number of nitrogens with zero attached hydrogens (tertiary/aromatic N) is 1. The summed E-state index contributed by atoms with van der Waals surface area (Å²) in [5.41, 5.74) is 3.92. The third-order valence-corrected chi connectivity index (χ3v) is 3.18. The Morgan fingerprint density at radius 3 is 3.07 bits per heavy atom. The van der Waals surface area contributed by atoms with Crippen LogP contribution in [0.1, 0.15) is 12.0 Å². The zero-order valence-corrected chi connectivity index (χ0v) is 8.11. The standard InChI is InChI=1S/C13H13N/c1-10-6-7-14-12(8-10)9-11-4-2-3-5-13(11)14/h1-5,8,12H,6-7,9H2. The third kappa shape index (κ3) is 1.08. The minimum atomic E-state index is 0.515. The maximum Gasteiger partial charge on any atom is 0.0517 e. The van der Waals surface area contributed by atoms with Crippen LogP contribution in [0, 0.1) is 6.92 Å². The van der Waals surface area contributed by atoms with Crippen molar-refractivity contribution in [2.24, 2.45) is 0 Å². The van der Waals surface area contributed by atoms with Gasteiger partial charge < -0.3 is 4.90 Å². The molecule has 0 bridgehead atoms. The van der Waals surface area contributed by atoms with Crippen molar-refractivity contribution in [2.75, 3.05) is 11.4 Å². The van der Waals surface area contributed by atoms with E-state index in [1.54, 1.807) is 0 Å². The number of hydrogen-bond donors (Lipinski definition) is 0. The topological polar surface area (TPSA) is 3.24 Å². The Balaban J connectivity index is 2.03. The van der Waals surface area contributed by atoms with E-state index in [-0.39, 0.29) is 0 Å². The van der Waals surface area contributed by atoms with Gasteiger partial charge in [-0.2, -0.15) is 0 Å². The van der Waals surface area contributed by atoms with Crippen molar-refractivity contribution in [3.8, 4) is 0 Å². The van der Waals surface area contributed by atoms with E-state index in [2.05, 4.69) is 35.2 Å². The first-order chi connectivity index (χ1) is 6.84. The molecule has 1 nitrogen and oxygen atoms in total. The second-order valence-corrected chi connectivity index (χ2v) is 4.09. The van der Waals surface area contributed by atoms with Crippen molar-refractivity contribution >= 4 is 5.69 Å². The van der Waals surface area contributed by atoms with Crippen molar-refractivity contribution in [3.63, 3.8) is 0 Å². The van der Waals surface area contributed by atoms with Crippen LogP contribution >= 0.6 is 0 Å². The largest absolute Gasteiger partial charge is 0.364 e. The molecular weight excluding hydrogens is 170 g/mol. The van der Waals surface area contributed by atoms with Crippen molar-refractivity contribution in [1.29, 1.82) is 0 Å². The van der Waals surface area contributed by atoms with E-state index < -0.39 is 0 Å². The Morgan fingerprint density at radius 1 is 1.29 bits per heavy atom. The van der Waals surface area contributed by atoms with Crippen LogP contribution in [-0.4, -0.2) is 12.6 Å². The summed E-state index contributed by atoms with van der Waals surface area (Å²) in [6.45, 7) is 6.93. The molecule has 1 aromatic rings. The average molecular weight is 183 g/mol. The molecule has 2 aliphatic heterocycles. The normalized spacial score (nSPS) is 24.2. The van der Waals surface area contributed by atoms with Crippen molar-refractivity contribution < 1.29 is 0 Å². The first-order valence-electron chi connectivity index (χ1n) is 5.15. The molecule has 2 heterocycles. The Hall–Kier alpha value is -1.24. The van der Waals surface area contributed by atoms with Gasteiger partial charge in [0.25, 0.3) is 0 Å². The van der Waals surface area contributed by atoms with Gasteiger partial charge in [-0.3, -0.25) is 0 Å². The number of para-hydroxylation sites is 1. The van der Waals surface area contributed by atoms with Crippen LogP contribution in [0.2, 0.25) is 0 Å². The highest BCUT2D eigenvalue weighted by Crippen LogP contribution is 2.35. The van der Waals surface area contributed by atoms with Gasteiger partial charge in [-0.15, -0.1) is 0 Å². The molecule has 0 spiro atoms. The summed E-state index contributed by atoms with van der Waals surface area (Å²) in [7, 11) is 0. The van der Waals surface area contributed by atoms with Crippen molar-refractivity contribution in [2.45, 2.75) is 18.9 Å². The van der Waals surface area contributed by atoms with Gasteiger partial charge in [0.2, 0.25) is 0 Å². The Labute approximate surface area is 85.0 Å². The van der Waals surface area contributed by atoms with E-state index in [0.29, 0.717) is 6.04 Å². The second-order valence-electron chi connectivity index (χ2n) is 4.09. The van der Waals surface area contributed by atoms with Gasteiger partial charge in [-0.25, -0.2) is 0 Å². The van der Waals surface area contributed by atoms with E-state index in [0.717, 1.165) is 25.0 Å². The van der Waals surface area contributed by atoms with E-state index in [1.165, 1.54) is 11.3 Å². The third-order valence-electron chi connectivity index (χ3n) is 3.18. The van der Waals surface area contributed by atoms with Crippen molar-refractivity contribution in [3.05, 3.63) is 48.4 Å². The smallest absolute Gasteiger partial charge is 0.0517 e. The molecule has 0 fully saturated rings. The Kier molecular flexibility index (Phi) is 1.66. The zero-order chi connectivity index (χ0) is 9.54. The van der Waals surface area contributed by atoms with Gasteiger partial charge in [-0.1, -0.05) is 29.8 Å². The number of anilines is 1. The monoisotopic (exact) mass is 183 g/mol. The summed E-state index contributed by atoms with van der Waals surface area (Å²) in [6, 6.07) is 9.18. The fourth-order valence-electron chi connectivity index (χ4n) is 2.49. The molecule has 70 valence electrons. The van der Waals surface area contributed by atoms with Gasteiger partial charge in [0, 0.05) is 12.2 Å². The molecule has 0 aromatic heterocycles. The quantitative estimate of drug-likeness (QED) is 0.597. The lowest BCUT2D eigenvalue weighted by Crippen LogP contribution is -2.34. The van der Waals surface area contributed by atoms with Crippen LogP contribution < -0.4 is 4.90 Å². The molecule has 1 aromatic carbocycles. The molecule has 0 aliphatic carbocycles. The summed E-state index contributed by atoms with van der Waals surface area (Å²) in [5, 5.41) is 0. The summed E-state index contributed by atoms with van der Waals surface area (Å²) in [6.07, 6.45) is 4.34. The van der Waals surface area contributed by atoms with Crippen LogP contribution in [0.3, 0.4) is 0 Å². The highest BCUT2D eigenvalue weighted by atomic mass is 15.2. The Morgan fingerprint density at radius 2 is 2.14 bits per heavy atom. The van der Waals surface area contributed by atoms with Crippen LogP contribution in [0.25, 0.3) is 0 Å². The molecule has 1 unspecified atom stereocenters. The summed E-state index contributed by atoms with van der Waals surface area (Å²) >= 11 is 0. The van der Waals surface area contributed by atoms with Gasteiger partial charge >= 0.3 is 0 Å². The van der Waals surface area contributed by atoms with E-state index in [9.17, 15) is 0 Å². The van der Waals surface area contributed by atoms with Crippen LogP contribution in [0.15, 0.2) is 35.9 Å². The number of rotatable bonds is 0. The van der Waals surface area contributed by atoms with E-state index >= 15 is 0 Å². The lowest BCUT2D eigenvalue weighted by Gasteiger charge is -2.30. The minimum absolute atomic E-state index is 0.515. The molecule has 0 saturated heterocycles. The lowest BCUT2D eigenvalue weighted by atomic mass is 10.0. The number of benzene rings is 1. The maximum absolute atomic E-state index is 5.86. The van der Waals surface area contributed by atoms with E-state index in [1.807, 2.05) is 0 Å². The molecule has 14 heavy (non-hydrogen) atoms. The highest BCUT2D eigenvalue weighted by Gasteiger charge is 2.29. The molecule has 3 rings (SSSR count). The number of fused-ring (bicyclic) bond motifs is 3. The fourth-order valence-corrected chi connectivity index (χ4v) is 2.49. The minimum Gasteiger partial charge on any atom is -0.364 e. The van der Waals surface area contributed by atoms with Gasteiger partial charge in [0.05, 0.1) is 6.04 Å². The number of hydrogen-bond acceptors (Lipinski definition) is 1. The summed E-state index contributed by atoms with van der Waals surface area (Å²) < 4.78 is 0. The van der Waals surface area contributed by atoms with Gasteiger partial charge in [0.1, 0.15) is 0 Å². The van der Waals surface area contributed by atoms with Crippen LogP contribution in [-0.2, 0) is 6.42 Å². The van der Waals surface area contributed by atoms with Gasteiger partial charge in [-0.05, 0) is 31.4 Å². The molecule has 0 amide bonds. The molecule has 0 N–H and O–H groups in total. The predicted octanol–water partition coefficient (Wildman–Crippen LogP) is 2.46. The lowest BCUT2D eigenvalue weighted by molar-refractivity contribution is 0.684. The first-order valence-corrected chi connectivity index (χ1v) is 5.15. The summed E-state index contributed by atoms with van der Waals surface area (Å²) in [5.74, 6) is 0. The van der Waals surface area contributed by atoms with E-state index in [4.69, 9.17) is 6.92 Å². The maximum atomic E-state index is 5.86. The fraction of sp³-hybridized carbons (Fsp3) is 0.308. The Bertz CT molecular complexity index is 392. The molecule has 1 atom stereocenters. The second kappa shape index (κ2) is 2.88. The average Bonchev–Trinajstić information content (AvgIpc) is 2.54. The predicted molar refractivity (Wildman–Crippen MR) is 58.3 cm³/mol. The first kappa shape index (κ1) is 8.10. The van der Waals surface area contributed by atoms with Crippen molar-refractivity contribution in [1.82, 2.24) is 0 Å². The summed E-state index contributed by atoms with van der Waals surface area (Å²) in [4.78, 5) is 2.46. The molecule has 2 aliphatic rings. The molecule has 1 heteroatoms. The van der Waals surface area contributed by atoms with Crippen LogP contribution in [0.5, 0.6) is 0 Å². The SMILES string of the molecule is [CH]C1=CC2Cc3ccccc3N2CC1. The van der Waals surface area contributed by atoms with Crippen LogP contribution in [0.4, 0.5) is 5.69 Å². The highest BCUT2D eigenvalue weighted by molar-refractivity contribution is 5.61. The molecule has 2 radical (unpaired) electrons. The van der Waals surface area contributed by atoms with Gasteiger partial charge in [0.15, 0.2) is 0 Å².